The molecule has 0 bridgehead atoms. The van der Waals surface area contributed by atoms with Gasteiger partial charge in [-0.05, 0) is 30.5 Å². The Bertz CT molecular complexity index is 1050. The van der Waals surface area contributed by atoms with E-state index in [-0.39, 0.29) is 30.8 Å². The van der Waals surface area contributed by atoms with E-state index in [0.717, 1.165) is 4.57 Å². The van der Waals surface area contributed by atoms with Crippen molar-refractivity contribution in [1.29, 1.82) is 0 Å². The second-order valence-electron chi connectivity index (χ2n) is 6.76. The fraction of sp³-hybridized carbons (Fsp3) is 0.333. The molecule has 0 atom stereocenters. The molecular formula is C18H18FN5O4. The Morgan fingerprint density at radius 2 is 2.04 bits per heavy atom. The van der Waals surface area contributed by atoms with Crippen LogP contribution in [0.25, 0.3) is 0 Å². The van der Waals surface area contributed by atoms with Crippen molar-refractivity contribution in [2.45, 2.75) is 26.4 Å². The van der Waals surface area contributed by atoms with Gasteiger partial charge in [0, 0.05) is 19.6 Å². The minimum Gasteiger partial charge on any atom is -0.501 e. The smallest absolute Gasteiger partial charge is 0.298 e. The van der Waals surface area contributed by atoms with Gasteiger partial charge in [-0.15, -0.1) is 0 Å². The number of aromatic hydroxyl groups is 1. The largest absolute Gasteiger partial charge is 0.501 e. The first kappa shape index (κ1) is 18.0. The van der Waals surface area contributed by atoms with E-state index >= 15 is 0 Å². The third-order valence-corrected chi connectivity index (χ3v) is 4.86. The topological polar surface area (TPSA) is 108 Å². The zero-order valence-corrected chi connectivity index (χ0v) is 15.1. The Kier molecular flexibility index (Phi) is 4.25. The number of carbonyl (C=O) groups excluding carboxylic acids is 2. The van der Waals surface area contributed by atoms with Crippen molar-refractivity contribution in [3.63, 3.8) is 0 Å². The predicted molar refractivity (Wildman–Crippen MR) is 96.1 cm³/mol. The maximum atomic E-state index is 13.4. The van der Waals surface area contributed by atoms with Gasteiger partial charge in [0.1, 0.15) is 12.4 Å². The van der Waals surface area contributed by atoms with Crippen molar-refractivity contribution in [3.8, 4) is 5.75 Å². The van der Waals surface area contributed by atoms with Gasteiger partial charge in [0.2, 0.25) is 11.7 Å². The first-order chi connectivity index (χ1) is 13.4. The lowest BCUT2D eigenvalue weighted by molar-refractivity contribution is -0.132. The molecule has 1 saturated heterocycles. The molecule has 3 heterocycles. The molecule has 1 aromatic carbocycles. The van der Waals surface area contributed by atoms with Gasteiger partial charge in [0.25, 0.3) is 17.4 Å². The van der Waals surface area contributed by atoms with Gasteiger partial charge in [0.05, 0.1) is 0 Å². The van der Waals surface area contributed by atoms with Gasteiger partial charge in [-0.1, -0.05) is 12.1 Å². The minimum atomic E-state index is -0.840. The van der Waals surface area contributed by atoms with Gasteiger partial charge in [-0.3, -0.25) is 24.0 Å². The lowest BCUT2D eigenvalue weighted by Crippen LogP contribution is -2.51. The number of amides is 2. The van der Waals surface area contributed by atoms with E-state index in [1.807, 2.05) is 0 Å². The predicted octanol–water partition coefficient (Wildman–Crippen LogP) is 0.294. The number of halogens is 1. The fourth-order valence-electron chi connectivity index (χ4n) is 3.41. The number of aromatic nitrogens is 2. The summed E-state index contributed by atoms with van der Waals surface area (Å²) < 4.78 is 14.4. The summed E-state index contributed by atoms with van der Waals surface area (Å²) in [4.78, 5) is 41.3. The second kappa shape index (κ2) is 6.63. The molecule has 146 valence electrons. The zero-order chi connectivity index (χ0) is 20.0. The fourth-order valence-corrected chi connectivity index (χ4v) is 3.41. The highest BCUT2D eigenvalue weighted by molar-refractivity contribution is 5.95. The number of fused-ring (bicyclic) bond motifs is 3. The molecule has 2 aliphatic heterocycles. The van der Waals surface area contributed by atoms with E-state index in [1.54, 1.807) is 18.0 Å². The van der Waals surface area contributed by atoms with E-state index in [1.165, 1.54) is 17.1 Å². The van der Waals surface area contributed by atoms with Crippen LogP contribution in [0.4, 0.5) is 10.3 Å². The summed E-state index contributed by atoms with van der Waals surface area (Å²) in [6.07, 6.45) is 0.716. The Labute approximate surface area is 159 Å². The van der Waals surface area contributed by atoms with Crippen LogP contribution in [0.3, 0.4) is 0 Å². The molecule has 28 heavy (non-hydrogen) atoms. The molecule has 0 radical (unpaired) electrons. The van der Waals surface area contributed by atoms with E-state index in [0.29, 0.717) is 30.6 Å². The van der Waals surface area contributed by atoms with Gasteiger partial charge < -0.3 is 10.4 Å². The molecule has 2 aromatic rings. The van der Waals surface area contributed by atoms with Gasteiger partial charge >= 0.3 is 0 Å². The van der Waals surface area contributed by atoms with Gasteiger partial charge in [-0.25, -0.2) is 14.4 Å². The third-order valence-electron chi connectivity index (χ3n) is 4.86. The highest BCUT2D eigenvalue weighted by Gasteiger charge is 2.37. The lowest BCUT2D eigenvalue weighted by atomic mass is 10.1. The quantitative estimate of drug-likeness (QED) is 0.784. The number of rotatable bonds is 3. The molecule has 1 fully saturated rings. The summed E-state index contributed by atoms with van der Waals surface area (Å²) in [6.45, 7) is 2.46. The number of hydrogen-bond acceptors (Lipinski definition) is 6. The molecule has 2 N–H and O–H groups in total. The number of nitrogens with one attached hydrogen (secondary N) is 1. The van der Waals surface area contributed by atoms with E-state index in [4.69, 9.17) is 0 Å². The number of hydrazine groups is 1. The van der Waals surface area contributed by atoms with Gasteiger partial charge in [0.15, 0.2) is 5.69 Å². The van der Waals surface area contributed by atoms with Crippen molar-refractivity contribution < 1.29 is 19.1 Å². The third kappa shape index (κ3) is 2.86. The summed E-state index contributed by atoms with van der Waals surface area (Å²) in [5.41, 5.74) is -0.139. The standard InChI is InChI=1S/C18H18FN5O4/c1-10-7-11(3-4-12(10)19)8-20-16(27)14-15(26)17(28)22-9-13(25)23-5-2-6-24(23)18(22)21-14/h3-4,7,26H,2,5-6,8-9H2,1H3,(H,20,27). The van der Waals surface area contributed by atoms with Crippen LogP contribution in [-0.4, -0.2) is 44.6 Å². The van der Waals surface area contributed by atoms with Crippen molar-refractivity contribution in [3.05, 3.63) is 51.2 Å². The number of nitrogens with zero attached hydrogens (tertiary/aromatic N) is 4. The summed E-state index contributed by atoms with van der Waals surface area (Å²) >= 11 is 0. The molecule has 10 heteroatoms. The molecule has 0 unspecified atom stereocenters. The number of benzene rings is 1. The molecule has 2 aliphatic rings. The Hall–Kier alpha value is -3.43. The molecule has 0 spiro atoms. The molecule has 0 aliphatic carbocycles. The van der Waals surface area contributed by atoms with E-state index in [9.17, 15) is 23.9 Å². The Morgan fingerprint density at radius 3 is 2.79 bits per heavy atom. The highest BCUT2D eigenvalue weighted by Crippen LogP contribution is 2.25. The molecular weight excluding hydrogens is 369 g/mol. The van der Waals surface area contributed by atoms with E-state index in [2.05, 4.69) is 10.3 Å². The maximum Gasteiger partial charge on any atom is 0.298 e. The van der Waals surface area contributed by atoms with Crippen molar-refractivity contribution in [2.24, 2.45) is 0 Å². The monoisotopic (exact) mass is 387 g/mol. The van der Waals surface area contributed by atoms with E-state index < -0.39 is 22.9 Å². The zero-order valence-electron chi connectivity index (χ0n) is 15.1. The number of anilines is 1. The molecule has 4 rings (SSSR count). The summed E-state index contributed by atoms with van der Waals surface area (Å²) in [6, 6.07) is 4.43. The second-order valence-corrected chi connectivity index (χ2v) is 6.76. The normalized spacial score (nSPS) is 15.4. The maximum absolute atomic E-state index is 13.4. The number of hydrogen-bond donors (Lipinski definition) is 2. The van der Waals surface area contributed by atoms with Crippen molar-refractivity contribution in [1.82, 2.24) is 19.9 Å². The molecule has 2 amide bonds. The van der Waals surface area contributed by atoms with Crippen molar-refractivity contribution in [2.75, 3.05) is 18.1 Å². The number of aryl methyl sites for hydroxylation is 1. The summed E-state index contributed by atoms with van der Waals surface area (Å²) in [5, 5.41) is 15.8. The lowest BCUT2D eigenvalue weighted by Gasteiger charge is -2.34. The van der Waals surface area contributed by atoms with Gasteiger partial charge in [-0.2, -0.15) is 0 Å². The molecule has 1 aromatic heterocycles. The van der Waals surface area contributed by atoms with Crippen LogP contribution >= 0.6 is 0 Å². The molecule has 9 nitrogen and oxygen atoms in total. The average molecular weight is 387 g/mol. The average Bonchev–Trinajstić information content (AvgIpc) is 3.17. The van der Waals surface area contributed by atoms with Crippen LogP contribution in [0.5, 0.6) is 5.75 Å². The highest BCUT2D eigenvalue weighted by atomic mass is 19.1. The van der Waals surface area contributed by atoms with Crippen LogP contribution in [0.15, 0.2) is 23.0 Å². The van der Waals surface area contributed by atoms with Crippen LogP contribution in [0.1, 0.15) is 28.0 Å². The first-order valence-electron chi connectivity index (χ1n) is 8.81. The van der Waals surface area contributed by atoms with Crippen LogP contribution in [0.2, 0.25) is 0 Å². The number of carbonyl (C=O) groups is 2. The van der Waals surface area contributed by atoms with Crippen LogP contribution < -0.4 is 15.9 Å². The SMILES string of the molecule is Cc1cc(CNC(=O)c2nc3n(c(=O)c2O)CC(=O)N2CCCN32)ccc1F. The van der Waals surface area contributed by atoms with Crippen molar-refractivity contribution >= 4 is 17.8 Å². The minimum absolute atomic E-state index is 0.0772. The summed E-state index contributed by atoms with van der Waals surface area (Å²) in [7, 11) is 0. The summed E-state index contributed by atoms with van der Waals surface area (Å²) in [5.74, 6) is -2.00. The molecule has 0 saturated carbocycles. The first-order valence-corrected chi connectivity index (χ1v) is 8.81. The Morgan fingerprint density at radius 1 is 1.29 bits per heavy atom. The Balaban J connectivity index is 1.63. The van der Waals surface area contributed by atoms with Crippen LogP contribution in [-0.2, 0) is 17.9 Å². The van der Waals surface area contributed by atoms with Crippen LogP contribution in [0, 0.1) is 12.7 Å².